The highest BCUT2D eigenvalue weighted by molar-refractivity contribution is 9.10. The molecule has 1 saturated carbocycles. The molecule has 0 saturated heterocycles. The molecule has 1 aromatic heterocycles. The largest absolute Gasteiger partial charge is 0.314 e. The molecule has 2 rings (SSSR count). The lowest BCUT2D eigenvalue weighted by Crippen LogP contribution is -2.44. The number of thiophene rings is 1. The molecule has 0 radical (unpaired) electrons. The first kappa shape index (κ1) is 17.5. The zero-order valence-corrected chi connectivity index (χ0v) is 16.3. The molecule has 3 heteroatoms. The molecular formula is C18H30BrNS. The Morgan fingerprint density at radius 2 is 2.10 bits per heavy atom. The van der Waals surface area contributed by atoms with Gasteiger partial charge in [-0.2, -0.15) is 0 Å². The fourth-order valence-corrected chi connectivity index (χ4v) is 5.14. The Bertz CT molecular complexity index is 435. The molecule has 3 atom stereocenters. The predicted molar refractivity (Wildman–Crippen MR) is 98.1 cm³/mol. The summed E-state index contributed by atoms with van der Waals surface area (Å²) in [5.41, 5.74) is 0.448. The molecule has 1 aromatic rings. The summed E-state index contributed by atoms with van der Waals surface area (Å²) >= 11 is 5.50. The monoisotopic (exact) mass is 371 g/mol. The Hall–Kier alpha value is 0.140. The SMILES string of the molecule is CCCNC1CCC(C(C)(C)C)CC1Cc1cc(Br)cs1. The van der Waals surface area contributed by atoms with Crippen LogP contribution in [0.3, 0.4) is 0 Å². The molecule has 0 amide bonds. The zero-order chi connectivity index (χ0) is 15.5. The molecular weight excluding hydrogens is 342 g/mol. The first-order valence-electron chi connectivity index (χ1n) is 8.36. The Morgan fingerprint density at radius 3 is 2.67 bits per heavy atom. The first-order valence-corrected chi connectivity index (χ1v) is 10.0. The van der Waals surface area contributed by atoms with Crippen molar-refractivity contribution in [1.82, 2.24) is 5.32 Å². The Kier molecular flexibility index (Phi) is 6.34. The third-order valence-electron chi connectivity index (χ3n) is 4.95. The molecule has 0 aliphatic heterocycles. The lowest BCUT2D eigenvalue weighted by Gasteiger charge is -2.42. The van der Waals surface area contributed by atoms with Crippen LogP contribution < -0.4 is 5.32 Å². The van der Waals surface area contributed by atoms with Gasteiger partial charge in [-0.25, -0.2) is 0 Å². The first-order chi connectivity index (χ1) is 9.90. The van der Waals surface area contributed by atoms with Crippen LogP contribution in [0.1, 0.15) is 58.3 Å². The van der Waals surface area contributed by atoms with Gasteiger partial charge >= 0.3 is 0 Å². The molecule has 0 spiro atoms. The van der Waals surface area contributed by atoms with Crippen molar-refractivity contribution in [2.75, 3.05) is 6.54 Å². The summed E-state index contributed by atoms with van der Waals surface area (Å²) in [5, 5.41) is 6.03. The maximum absolute atomic E-state index is 3.81. The molecule has 1 N–H and O–H groups in total. The fraction of sp³-hybridized carbons (Fsp3) is 0.778. The number of hydrogen-bond donors (Lipinski definition) is 1. The number of rotatable bonds is 5. The van der Waals surface area contributed by atoms with Crippen molar-refractivity contribution >= 4 is 27.3 Å². The van der Waals surface area contributed by atoms with E-state index in [0.29, 0.717) is 11.5 Å². The number of halogens is 1. The van der Waals surface area contributed by atoms with E-state index in [0.717, 1.165) is 18.4 Å². The van der Waals surface area contributed by atoms with Crippen molar-refractivity contribution in [3.05, 3.63) is 20.8 Å². The van der Waals surface area contributed by atoms with Gasteiger partial charge in [-0.15, -0.1) is 11.3 Å². The van der Waals surface area contributed by atoms with Gasteiger partial charge in [-0.05, 0) is 77.9 Å². The van der Waals surface area contributed by atoms with Crippen molar-refractivity contribution in [3.8, 4) is 0 Å². The molecule has 0 aromatic carbocycles. The summed E-state index contributed by atoms with van der Waals surface area (Å²) < 4.78 is 1.24. The van der Waals surface area contributed by atoms with Gasteiger partial charge in [0.05, 0.1) is 0 Å². The number of hydrogen-bond acceptors (Lipinski definition) is 2. The zero-order valence-electron chi connectivity index (χ0n) is 13.9. The highest BCUT2D eigenvalue weighted by Crippen LogP contribution is 2.42. The van der Waals surface area contributed by atoms with Gasteiger partial charge in [0, 0.05) is 20.8 Å². The van der Waals surface area contributed by atoms with Crippen molar-refractivity contribution in [3.63, 3.8) is 0 Å². The van der Waals surface area contributed by atoms with E-state index in [9.17, 15) is 0 Å². The van der Waals surface area contributed by atoms with E-state index in [2.05, 4.69) is 60.4 Å². The molecule has 1 nitrogen and oxygen atoms in total. The molecule has 3 unspecified atom stereocenters. The predicted octanol–water partition coefficient (Wildman–Crippen LogP) is 5.88. The van der Waals surface area contributed by atoms with Gasteiger partial charge in [0.1, 0.15) is 0 Å². The lowest BCUT2D eigenvalue weighted by atomic mass is 9.66. The molecule has 1 fully saturated rings. The van der Waals surface area contributed by atoms with Crippen molar-refractivity contribution < 1.29 is 0 Å². The second-order valence-corrected chi connectivity index (χ2v) is 9.54. The van der Waals surface area contributed by atoms with E-state index in [1.807, 2.05) is 11.3 Å². The van der Waals surface area contributed by atoms with Crippen LogP contribution >= 0.6 is 27.3 Å². The molecule has 1 aliphatic carbocycles. The summed E-state index contributed by atoms with van der Waals surface area (Å²) in [4.78, 5) is 1.53. The summed E-state index contributed by atoms with van der Waals surface area (Å²) in [5.74, 6) is 1.66. The van der Waals surface area contributed by atoms with Crippen molar-refractivity contribution in [2.45, 2.75) is 65.8 Å². The van der Waals surface area contributed by atoms with Gasteiger partial charge < -0.3 is 5.32 Å². The maximum atomic E-state index is 3.81. The maximum Gasteiger partial charge on any atom is 0.0285 e. The Morgan fingerprint density at radius 1 is 1.33 bits per heavy atom. The van der Waals surface area contributed by atoms with Crippen LogP contribution in [0.15, 0.2) is 15.9 Å². The minimum atomic E-state index is 0.448. The van der Waals surface area contributed by atoms with E-state index in [1.54, 1.807) is 0 Å². The smallest absolute Gasteiger partial charge is 0.0285 e. The average Bonchev–Trinajstić information content (AvgIpc) is 2.81. The normalized spacial score (nSPS) is 27.0. The van der Waals surface area contributed by atoms with Crippen molar-refractivity contribution in [1.29, 1.82) is 0 Å². The summed E-state index contributed by atoms with van der Waals surface area (Å²) in [6.45, 7) is 10.7. The topological polar surface area (TPSA) is 12.0 Å². The highest BCUT2D eigenvalue weighted by atomic mass is 79.9. The van der Waals surface area contributed by atoms with E-state index in [-0.39, 0.29) is 0 Å². The fourth-order valence-electron chi connectivity index (χ4n) is 3.59. The summed E-state index contributed by atoms with van der Waals surface area (Å²) in [7, 11) is 0. The standard InChI is InChI=1S/C18H30BrNS/c1-5-8-20-17-7-6-14(18(2,3)4)9-13(17)10-16-11-15(19)12-21-16/h11-14,17,20H,5-10H2,1-4H3. The Balaban J connectivity index is 2.05. The lowest BCUT2D eigenvalue weighted by molar-refractivity contribution is 0.114. The second kappa shape index (κ2) is 7.61. The van der Waals surface area contributed by atoms with Gasteiger partial charge in [-0.1, -0.05) is 27.7 Å². The van der Waals surface area contributed by atoms with Crippen LogP contribution in [0, 0.1) is 17.3 Å². The van der Waals surface area contributed by atoms with Crippen LogP contribution in [0.2, 0.25) is 0 Å². The molecule has 120 valence electrons. The molecule has 0 bridgehead atoms. The quantitative estimate of drug-likeness (QED) is 0.680. The highest BCUT2D eigenvalue weighted by Gasteiger charge is 2.35. The van der Waals surface area contributed by atoms with E-state index in [4.69, 9.17) is 0 Å². The molecule has 1 heterocycles. The average molecular weight is 372 g/mol. The van der Waals surface area contributed by atoms with Crippen LogP contribution in [-0.2, 0) is 6.42 Å². The third kappa shape index (κ3) is 5.07. The van der Waals surface area contributed by atoms with Crippen LogP contribution in [0.5, 0.6) is 0 Å². The molecule has 1 aliphatic rings. The van der Waals surface area contributed by atoms with E-state index >= 15 is 0 Å². The van der Waals surface area contributed by atoms with Gasteiger partial charge in [0.25, 0.3) is 0 Å². The van der Waals surface area contributed by atoms with E-state index < -0.39 is 0 Å². The van der Waals surface area contributed by atoms with Crippen LogP contribution in [-0.4, -0.2) is 12.6 Å². The minimum absolute atomic E-state index is 0.448. The number of nitrogens with one attached hydrogen (secondary N) is 1. The van der Waals surface area contributed by atoms with E-state index in [1.165, 1.54) is 41.5 Å². The van der Waals surface area contributed by atoms with Crippen LogP contribution in [0.25, 0.3) is 0 Å². The van der Waals surface area contributed by atoms with Crippen molar-refractivity contribution in [2.24, 2.45) is 17.3 Å². The van der Waals surface area contributed by atoms with Gasteiger partial charge in [0.15, 0.2) is 0 Å². The third-order valence-corrected chi connectivity index (χ3v) is 6.67. The summed E-state index contributed by atoms with van der Waals surface area (Å²) in [6.07, 6.45) is 6.58. The van der Waals surface area contributed by atoms with Crippen LogP contribution in [0.4, 0.5) is 0 Å². The molecule has 21 heavy (non-hydrogen) atoms. The van der Waals surface area contributed by atoms with Gasteiger partial charge in [-0.3, -0.25) is 0 Å². The summed E-state index contributed by atoms with van der Waals surface area (Å²) in [6, 6.07) is 3.02. The second-order valence-electron chi connectivity index (χ2n) is 7.63. The Labute approximate surface area is 143 Å². The van der Waals surface area contributed by atoms with Gasteiger partial charge in [0.2, 0.25) is 0 Å². The minimum Gasteiger partial charge on any atom is -0.314 e.